The molecule has 0 aromatic heterocycles. The van der Waals surface area contributed by atoms with Gasteiger partial charge in [0.1, 0.15) is 6.04 Å². The van der Waals surface area contributed by atoms with Crippen molar-refractivity contribution < 1.29 is 27.9 Å². The maximum Gasteiger partial charge on any atom is 0.416 e. The molecule has 1 atom stereocenters. The lowest BCUT2D eigenvalue weighted by atomic mass is 9.68. The Morgan fingerprint density at radius 1 is 1.21 bits per heavy atom. The van der Waals surface area contributed by atoms with Crippen LogP contribution in [0, 0.1) is 0 Å². The minimum Gasteiger partial charge on any atom is -0.480 e. The van der Waals surface area contributed by atoms with Crippen LogP contribution in [0.15, 0.2) is 24.3 Å². The van der Waals surface area contributed by atoms with Gasteiger partial charge >= 0.3 is 12.1 Å². The van der Waals surface area contributed by atoms with Crippen molar-refractivity contribution in [1.29, 1.82) is 0 Å². The number of benzene rings is 1. The molecular weight excluding hydrogens is 323 g/mol. The SMILES string of the molecule is C[C@H](NC(=O)C1(c2cccc(C(F)(F)F)c2)CCCCC1)C(=O)O. The first-order valence-corrected chi connectivity index (χ1v) is 7.88. The van der Waals surface area contributed by atoms with Gasteiger partial charge in [-0.05, 0) is 31.4 Å². The van der Waals surface area contributed by atoms with Gasteiger partial charge in [0.15, 0.2) is 0 Å². The molecule has 0 saturated heterocycles. The smallest absolute Gasteiger partial charge is 0.416 e. The fourth-order valence-corrected chi connectivity index (χ4v) is 3.19. The van der Waals surface area contributed by atoms with Crippen molar-refractivity contribution in [3.05, 3.63) is 35.4 Å². The van der Waals surface area contributed by atoms with E-state index in [0.717, 1.165) is 18.6 Å². The fraction of sp³-hybridized carbons (Fsp3) is 0.529. The summed E-state index contributed by atoms with van der Waals surface area (Å²) in [6.45, 7) is 1.34. The van der Waals surface area contributed by atoms with Gasteiger partial charge in [-0.1, -0.05) is 37.5 Å². The first kappa shape index (κ1) is 18.3. The molecule has 0 heterocycles. The molecule has 0 radical (unpaired) electrons. The van der Waals surface area contributed by atoms with Crippen LogP contribution in [0.25, 0.3) is 0 Å². The van der Waals surface area contributed by atoms with Crippen LogP contribution in [-0.2, 0) is 21.2 Å². The number of carboxylic acid groups (broad SMARTS) is 1. The summed E-state index contributed by atoms with van der Waals surface area (Å²) >= 11 is 0. The highest BCUT2D eigenvalue weighted by Crippen LogP contribution is 2.41. The molecule has 24 heavy (non-hydrogen) atoms. The van der Waals surface area contributed by atoms with Crippen molar-refractivity contribution in [2.75, 3.05) is 0 Å². The Morgan fingerprint density at radius 2 is 1.83 bits per heavy atom. The highest BCUT2D eigenvalue weighted by Gasteiger charge is 2.43. The summed E-state index contributed by atoms with van der Waals surface area (Å²) in [6.07, 6.45) is -1.34. The van der Waals surface area contributed by atoms with E-state index < -0.39 is 35.1 Å². The highest BCUT2D eigenvalue weighted by atomic mass is 19.4. The van der Waals surface area contributed by atoms with E-state index in [1.807, 2.05) is 0 Å². The van der Waals surface area contributed by atoms with E-state index in [1.165, 1.54) is 19.1 Å². The monoisotopic (exact) mass is 343 g/mol. The summed E-state index contributed by atoms with van der Waals surface area (Å²) < 4.78 is 39.0. The van der Waals surface area contributed by atoms with Crippen molar-refractivity contribution in [3.63, 3.8) is 0 Å². The zero-order valence-corrected chi connectivity index (χ0v) is 13.3. The van der Waals surface area contributed by atoms with Gasteiger partial charge in [0.2, 0.25) is 5.91 Å². The molecule has 1 aliphatic carbocycles. The molecule has 0 bridgehead atoms. The van der Waals surface area contributed by atoms with E-state index in [0.29, 0.717) is 31.2 Å². The van der Waals surface area contributed by atoms with E-state index in [4.69, 9.17) is 5.11 Å². The first-order chi connectivity index (χ1) is 11.2. The molecule has 2 N–H and O–H groups in total. The molecule has 132 valence electrons. The predicted octanol–water partition coefficient (Wildman–Crippen LogP) is 3.50. The molecular formula is C17H20F3NO3. The molecule has 1 aromatic carbocycles. The Morgan fingerprint density at radius 3 is 2.38 bits per heavy atom. The number of aliphatic carboxylic acids is 1. The number of carboxylic acids is 1. The second-order valence-electron chi connectivity index (χ2n) is 6.25. The lowest BCUT2D eigenvalue weighted by Gasteiger charge is -2.37. The van der Waals surface area contributed by atoms with Gasteiger partial charge in [0.05, 0.1) is 11.0 Å². The van der Waals surface area contributed by atoms with Crippen LogP contribution in [0.5, 0.6) is 0 Å². The molecule has 0 unspecified atom stereocenters. The van der Waals surface area contributed by atoms with Gasteiger partial charge in [-0.2, -0.15) is 13.2 Å². The Hall–Kier alpha value is -2.05. The number of hydrogen-bond acceptors (Lipinski definition) is 2. The molecule has 1 fully saturated rings. The number of amides is 1. The van der Waals surface area contributed by atoms with Gasteiger partial charge < -0.3 is 10.4 Å². The molecule has 4 nitrogen and oxygen atoms in total. The van der Waals surface area contributed by atoms with Crippen LogP contribution < -0.4 is 5.32 Å². The first-order valence-electron chi connectivity index (χ1n) is 7.88. The average Bonchev–Trinajstić information content (AvgIpc) is 2.54. The fourth-order valence-electron chi connectivity index (χ4n) is 3.19. The normalized spacial score (nSPS) is 18.7. The molecule has 1 saturated carbocycles. The zero-order chi connectivity index (χ0) is 18.0. The van der Waals surface area contributed by atoms with E-state index in [2.05, 4.69) is 5.32 Å². The van der Waals surface area contributed by atoms with Gasteiger partial charge in [-0.3, -0.25) is 9.59 Å². The van der Waals surface area contributed by atoms with Crippen LogP contribution in [0.4, 0.5) is 13.2 Å². The summed E-state index contributed by atoms with van der Waals surface area (Å²) in [4.78, 5) is 23.7. The van der Waals surface area contributed by atoms with Crippen molar-refractivity contribution in [1.82, 2.24) is 5.32 Å². The molecule has 2 rings (SSSR count). The third-order valence-corrected chi connectivity index (χ3v) is 4.60. The Kier molecular flexibility index (Phi) is 5.20. The molecule has 1 aromatic rings. The Bertz CT molecular complexity index is 622. The van der Waals surface area contributed by atoms with Gasteiger partial charge in [0, 0.05) is 0 Å². The van der Waals surface area contributed by atoms with Gasteiger partial charge in [-0.25, -0.2) is 0 Å². The molecule has 1 amide bonds. The lowest BCUT2D eigenvalue weighted by Crippen LogP contribution is -2.50. The minimum atomic E-state index is -4.49. The summed E-state index contributed by atoms with van der Waals surface area (Å²) in [5.74, 6) is -1.70. The second-order valence-corrected chi connectivity index (χ2v) is 6.25. The van der Waals surface area contributed by atoms with E-state index in [1.54, 1.807) is 0 Å². The Labute approximate surface area is 138 Å². The maximum atomic E-state index is 13.0. The standard InChI is InChI=1S/C17H20F3NO3/c1-11(14(22)23)21-15(24)16(8-3-2-4-9-16)12-6-5-7-13(10-12)17(18,19)20/h5-7,10-11H,2-4,8-9H2,1H3,(H,21,24)(H,22,23)/t11-/m0/s1. The number of carbonyl (C=O) groups is 2. The minimum absolute atomic E-state index is 0.298. The topological polar surface area (TPSA) is 66.4 Å². The molecule has 0 spiro atoms. The molecule has 7 heteroatoms. The third-order valence-electron chi connectivity index (χ3n) is 4.60. The van der Waals surface area contributed by atoms with Gasteiger partial charge in [-0.15, -0.1) is 0 Å². The average molecular weight is 343 g/mol. The third kappa shape index (κ3) is 3.71. The molecule has 0 aliphatic heterocycles. The number of rotatable bonds is 4. The quantitative estimate of drug-likeness (QED) is 0.879. The number of nitrogens with one attached hydrogen (secondary N) is 1. The van der Waals surface area contributed by atoms with Crippen molar-refractivity contribution in [3.8, 4) is 0 Å². The maximum absolute atomic E-state index is 13.0. The van der Waals surface area contributed by atoms with Crippen LogP contribution in [0.1, 0.15) is 50.2 Å². The lowest BCUT2D eigenvalue weighted by molar-refractivity contribution is -0.142. The van der Waals surface area contributed by atoms with Crippen LogP contribution in [-0.4, -0.2) is 23.0 Å². The van der Waals surface area contributed by atoms with Crippen LogP contribution in [0.3, 0.4) is 0 Å². The Balaban J connectivity index is 2.41. The van der Waals surface area contributed by atoms with Crippen molar-refractivity contribution in [2.24, 2.45) is 0 Å². The summed E-state index contributed by atoms with van der Waals surface area (Å²) in [5.41, 5.74) is -1.61. The number of halogens is 3. The number of alkyl halides is 3. The summed E-state index contributed by atoms with van der Waals surface area (Å²) in [7, 11) is 0. The van der Waals surface area contributed by atoms with Gasteiger partial charge in [0.25, 0.3) is 0 Å². The highest BCUT2D eigenvalue weighted by molar-refractivity contribution is 5.91. The van der Waals surface area contributed by atoms with Crippen molar-refractivity contribution >= 4 is 11.9 Å². The number of carbonyl (C=O) groups excluding carboxylic acids is 1. The van der Waals surface area contributed by atoms with E-state index in [-0.39, 0.29) is 0 Å². The second kappa shape index (κ2) is 6.83. The summed E-state index contributed by atoms with van der Waals surface area (Å²) in [5, 5.41) is 11.4. The van der Waals surface area contributed by atoms with E-state index >= 15 is 0 Å². The molecule has 1 aliphatic rings. The zero-order valence-electron chi connectivity index (χ0n) is 13.3. The van der Waals surface area contributed by atoms with E-state index in [9.17, 15) is 22.8 Å². The number of hydrogen-bond donors (Lipinski definition) is 2. The van der Waals surface area contributed by atoms with Crippen LogP contribution >= 0.6 is 0 Å². The predicted molar refractivity (Wildman–Crippen MR) is 81.4 cm³/mol. The van der Waals surface area contributed by atoms with Crippen LogP contribution in [0.2, 0.25) is 0 Å². The van der Waals surface area contributed by atoms with Crippen molar-refractivity contribution in [2.45, 2.75) is 56.7 Å². The largest absolute Gasteiger partial charge is 0.480 e. The summed E-state index contributed by atoms with van der Waals surface area (Å²) in [6, 6.07) is 3.70.